The van der Waals surface area contributed by atoms with Crippen LogP contribution in [0.1, 0.15) is 73.8 Å². The van der Waals surface area contributed by atoms with Crippen molar-refractivity contribution in [1.29, 1.82) is 0 Å². The normalized spacial score (nSPS) is 14.0. The Morgan fingerprint density at radius 3 is 2.57 bits per heavy atom. The number of benzene rings is 2. The molecule has 3 aromatic rings. The fourth-order valence-electron chi connectivity index (χ4n) is 4.35. The average molecular weight is 427 g/mol. The number of imidazole rings is 1. The molecular weight excluding hydrogens is 396 g/mol. The highest BCUT2D eigenvalue weighted by molar-refractivity contribution is 6.05. The van der Waals surface area contributed by atoms with Gasteiger partial charge in [-0.25, -0.2) is 4.98 Å². The largest absolute Gasteiger partial charge is 0.369 e. The molecule has 1 aromatic heterocycles. The minimum atomic E-state index is -0.104. The number of nitrogens with zero attached hydrogens (tertiary/aromatic N) is 2. The molecule has 0 radical (unpaired) electrons. The third kappa shape index (κ3) is 4.78. The highest BCUT2D eigenvalue weighted by Crippen LogP contribution is 2.35. The van der Waals surface area contributed by atoms with E-state index in [0.29, 0.717) is 17.6 Å². The maximum atomic E-state index is 12.6. The quantitative estimate of drug-likeness (QED) is 0.445. The van der Waals surface area contributed by atoms with Crippen molar-refractivity contribution in [2.75, 3.05) is 11.1 Å². The number of fused-ring (bicyclic) bond motifs is 1. The number of halogens is 1. The van der Waals surface area contributed by atoms with Crippen LogP contribution in [-0.4, -0.2) is 15.5 Å². The Bertz CT molecular complexity index is 990. The summed E-state index contributed by atoms with van der Waals surface area (Å²) in [6, 6.07) is 14.2. The lowest BCUT2D eigenvalue weighted by molar-refractivity contribution is 0.102. The summed E-state index contributed by atoms with van der Waals surface area (Å²) in [6.45, 7) is 2.21. The van der Waals surface area contributed by atoms with Crippen molar-refractivity contribution < 1.29 is 4.79 Å². The highest BCUT2D eigenvalue weighted by Gasteiger charge is 2.21. The zero-order valence-electron chi connectivity index (χ0n) is 17.6. The van der Waals surface area contributed by atoms with Crippen LogP contribution in [0.3, 0.4) is 0 Å². The van der Waals surface area contributed by atoms with E-state index in [0.717, 1.165) is 36.0 Å². The first-order valence-corrected chi connectivity index (χ1v) is 10.8. The van der Waals surface area contributed by atoms with Crippen molar-refractivity contribution in [2.45, 2.75) is 64.3 Å². The van der Waals surface area contributed by atoms with Gasteiger partial charge in [-0.15, -0.1) is 12.4 Å². The van der Waals surface area contributed by atoms with Gasteiger partial charge < -0.3 is 15.6 Å². The third-order valence-corrected chi connectivity index (χ3v) is 5.95. The lowest BCUT2D eigenvalue weighted by Crippen LogP contribution is -2.12. The van der Waals surface area contributed by atoms with Crippen molar-refractivity contribution in [1.82, 2.24) is 9.55 Å². The molecule has 6 heteroatoms. The van der Waals surface area contributed by atoms with Gasteiger partial charge in [0.05, 0.1) is 11.0 Å². The summed E-state index contributed by atoms with van der Waals surface area (Å²) in [6.07, 6.45) is 9.52. The molecule has 1 aliphatic carbocycles. The van der Waals surface area contributed by atoms with Crippen molar-refractivity contribution in [3.8, 4) is 0 Å². The Balaban J connectivity index is 0.00000256. The number of carbonyl (C=O) groups is 1. The Kier molecular flexibility index (Phi) is 7.38. The molecule has 0 saturated heterocycles. The van der Waals surface area contributed by atoms with E-state index < -0.39 is 0 Å². The number of rotatable bonds is 7. The number of hydrogen-bond acceptors (Lipinski definition) is 3. The predicted molar refractivity (Wildman–Crippen MR) is 127 cm³/mol. The summed E-state index contributed by atoms with van der Waals surface area (Å²) >= 11 is 0. The average Bonchev–Trinajstić information content (AvgIpc) is 3.35. The van der Waals surface area contributed by atoms with Crippen LogP contribution >= 0.6 is 12.4 Å². The molecule has 0 unspecified atom stereocenters. The van der Waals surface area contributed by atoms with Gasteiger partial charge in [0.15, 0.2) is 0 Å². The van der Waals surface area contributed by atoms with E-state index >= 15 is 0 Å². The molecule has 5 nitrogen and oxygen atoms in total. The smallest absolute Gasteiger partial charge is 0.255 e. The predicted octanol–water partition coefficient (Wildman–Crippen LogP) is 6.14. The summed E-state index contributed by atoms with van der Waals surface area (Å²) in [7, 11) is 0. The molecule has 0 spiro atoms. The second-order valence-corrected chi connectivity index (χ2v) is 8.09. The van der Waals surface area contributed by atoms with Gasteiger partial charge in [0, 0.05) is 17.3 Å². The maximum Gasteiger partial charge on any atom is 0.255 e. The molecule has 1 fully saturated rings. The molecule has 1 heterocycles. The van der Waals surface area contributed by atoms with E-state index in [1.807, 2.05) is 30.3 Å². The van der Waals surface area contributed by atoms with Crippen molar-refractivity contribution in [2.24, 2.45) is 0 Å². The van der Waals surface area contributed by atoms with Crippen LogP contribution in [-0.2, 0) is 6.42 Å². The molecule has 3 N–H and O–H groups in total. The standard InChI is InChI=1S/C24H30N4O.ClH/c1-2-3-4-7-17-10-12-18(13-11-17)23(29)26-19-14-15-22-21(16-19)27-24(25)28(22)20-8-5-6-9-20;/h10-16,20H,2-9H2,1H3,(H2,25,27)(H,26,29);1H. The van der Waals surface area contributed by atoms with Crippen LogP contribution in [0.5, 0.6) is 0 Å². The first kappa shape index (κ1) is 22.2. The van der Waals surface area contributed by atoms with Crippen LogP contribution in [0.2, 0.25) is 0 Å². The van der Waals surface area contributed by atoms with Gasteiger partial charge in [-0.1, -0.05) is 44.7 Å². The molecular formula is C24H31ClN4O. The first-order chi connectivity index (χ1) is 14.2. The van der Waals surface area contributed by atoms with E-state index in [9.17, 15) is 4.79 Å². The van der Waals surface area contributed by atoms with Crippen molar-refractivity contribution >= 4 is 41.0 Å². The van der Waals surface area contributed by atoms with Gasteiger partial charge in [-0.05, 0) is 61.6 Å². The van der Waals surface area contributed by atoms with Gasteiger partial charge in [0.1, 0.15) is 0 Å². The van der Waals surface area contributed by atoms with Gasteiger partial charge in [0.2, 0.25) is 5.95 Å². The van der Waals surface area contributed by atoms with Crippen LogP contribution in [0, 0.1) is 0 Å². The van der Waals surface area contributed by atoms with Gasteiger partial charge >= 0.3 is 0 Å². The maximum absolute atomic E-state index is 12.6. The number of nitrogens with two attached hydrogens (primary N) is 1. The number of aromatic nitrogens is 2. The summed E-state index contributed by atoms with van der Waals surface area (Å²) in [5.41, 5.74) is 10.8. The molecule has 1 saturated carbocycles. The van der Waals surface area contributed by atoms with Crippen molar-refractivity contribution in [3.63, 3.8) is 0 Å². The zero-order chi connectivity index (χ0) is 20.2. The Morgan fingerprint density at radius 1 is 1.13 bits per heavy atom. The number of anilines is 2. The summed E-state index contributed by atoms with van der Waals surface area (Å²) in [5, 5.41) is 2.99. The molecule has 1 amide bonds. The minimum absolute atomic E-state index is 0. The number of nitrogen functional groups attached to an aromatic ring is 1. The summed E-state index contributed by atoms with van der Waals surface area (Å²) in [4.78, 5) is 17.2. The molecule has 160 valence electrons. The van der Waals surface area contributed by atoms with Gasteiger partial charge in [0.25, 0.3) is 5.91 Å². The zero-order valence-corrected chi connectivity index (χ0v) is 18.4. The Hall–Kier alpha value is -2.53. The molecule has 2 aromatic carbocycles. The lowest BCUT2D eigenvalue weighted by atomic mass is 10.1. The monoisotopic (exact) mass is 426 g/mol. The third-order valence-electron chi connectivity index (χ3n) is 5.95. The Labute approximate surface area is 184 Å². The first-order valence-electron chi connectivity index (χ1n) is 10.8. The second-order valence-electron chi connectivity index (χ2n) is 8.09. The molecule has 0 bridgehead atoms. The van der Waals surface area contributed by atoms with E-state index in [4.69, 9.17) is 5.73 Å². The van der Waals surface area contributed by atoms with E-state index in [2.05, 4.69) is 33.9 Å². The highest BCUT2D eigenvalue weighted by atomic mass is 35.5. The topological polar surface area (TPSA) is 72.9 Å². The van der Waals surface area contributed by atoms with E-state index in [-0.39, 0.29) is 18.3 Å². The van der Waals surface area contributed by atoms with Crippen LogP contribution in [0.25, 0.3) is 11.0 Å². The summed E-state index contributed by atoms with van der Waals surface area (Å²) in [5.74, 6) is 0.460. The number of unbranched alkanes of at least 4 members (excludes halogenated alkanes) is 2. The Morgan fingerprint density at radius 2 is 1.87 bits per heavy atom. The van der Waals surface area contributed by atoms with E-state index in [1.165, 1.54) is 37.7 Å². The van der Waals surface area contributed by atoms with Crippen LogP contribution in [0.15, 0.2) is 42.5 Å². The number of carbonyl (C=O) groups excluding carboxylic acids is 1. The molecule has 4 rings (SSSR count). The minimum Gasteiger partial charge on any atom is -0.369 e. The number of amides is 1. The SMILES string of the molecule is CCCCCc1ccc(C(=O)Nc2ccc3c(c2)nc(N)n3C2CCCC2)cc1.Cl. The van der Waals surface area contributed by atoms with Crippen molar-refractivity contribution in [3.05, 3.63) is 53.6 Å². The van der Waals surface area contributed by atoms with Crippen LogP contribution < -0.4 is 11.1 Å². The molecule has 30 heavy (non-hydrogen) atoms. The van der Waals surface area contributed by atoms with Gasteiger partial charge in [-0.3, -0.25) is 4.79 Å². The second kappa shape index (κ2) is 9.98. The molecule has 0 aliphatic heterocycles. The number of nitrogens with one attached hydrogen (secondary N) is 1. The van der Waals surface area contributed by atoms with E-state index in [1.54, 1.807) is 0 Å². The molecule has 1 aliphatic rings. The molecule has 0 atom stereocenters. The fourth-order valence-corrected chi connectivity index (χ4v) is 4.35. The summed E-state index contributed by atoms with van der Waals surface area (Å²) < 4.78 is 2.16. The van der Waals surface area contributed by atoms with Gasteiger partial charge in [-0.2, -0.15) is 0 Å². The number of hydrogen-bond donors (Lipinski definition) is 2. The fraction of sp³-hybridized carbons (Fsp3) is 0.417. The van der Waals surface area contributed by atoms with Crippen LogP contribution in [0.4, 0.5) is 11.6 Å². The number of aryl methyl sites for hydroxylation is 1. The lowest BCUT2D eigenvalue weighted by Gasteiger charge is -2.14.